The van der Waals surface area contributed by atoms with Crippen molar-refractivity contribution in [3.8, 4) is 0 Å². The lowest BCUT2D eigenvalue weighted by Crippen LogP contribution is -2.44. The van der Waals surface area contributed by atoms with E-state index in [1.807, 2.05) is 11.0 Å². The summed E-state index contributed by atoms with van der Waals surface area (Å²) in [5, 5.41) is 14.3. The number of nitrogens with zero attached hydrogens (tertiary/aromatic N) is 1. The minimum Gasteiger partial charge on any atom is -0.480 e. The van der Waals surface area contributed by atoms with Crippen LogP contribution in [0, 0.1) is 5.41 Å². The van der Waals surface area contributed by atoms with Crippen molar-refractivity contribution >= 4 is 23.2 Å². The number of nitrogens with one attached hydrogen (secondary N) is 1. The van der Waals surface area contributed by atoms with E-state index in [1.54, 1.807) is 11.3 Å². The number of thiophene rings is 1. The number of likely N-dealkylation sites (tertiary alicyclic amines) is 1. The summed E-state index contributed by atoms with van der Waals surface area (Å²) in [6.07, 6.45) is 5.03. The maximum absolute atomic E-state index is 12.3. The molecule has 3 rings (SSSR count). The van der Waals surface area contributed by atoms with Gasteiger partial charge in [-0.1, -0.05) is 6.07 Å². The first-order valence-corrected chi connectivity index (χ1v) is 9.22. The Morgan fingerprint density at radius 1 is 1.39 bits per heavy atom. The first-order chi connectivity index (χ1) is 11.1. The van der Waals surface area contributed by atoms with Gasteiger partial charge in [-0.15, -0.1) is 11.3 Å². The van der Waals surface area contributed by atoms with Crippen LogP contribution in [-0.2, 0) is 16.0 Å². The second-order valence-corrected chi connectivity index (χ2v) is 7.82. The summed E-state index contributed by atoms with van der Waals surface area (Å²) in [5.41, 5.74) is 0.0802. The Morgan fingerprint density at radius 3 is 2.78 bits per heavy atom. The molecule has 2 N–H and O–H groups in total. The van der Waals surface area contributed by atoms with Gasteiger partial charge in [-0.05, 0) is 49.0 Å². The lowest BCUT2D eigenvalue weighted by molar-refractivity contribution is -0.139. The minimum atomic E-state index is -0.756. The fraction of sp³-hybridized carbons (Fsp3) is 0.647. The molecule has 0 saturated carbocycles. The molecule has 2 fully saturated rings. The van der Waals surface area contributed by atoms with E-state index in [9.17, 15) is 9.59 Å². The molecule has 2 aliphatic heterocycles. The molecule has 1 atom stereocenters. The highest BCUT2D eigenvalue weighted by atomic mass is 32.1. The molecule has 1 aromatic heterocycles. The first kappa shape index (κ1) is 16.5. The molecule has 1 aromatic rings. The van der Waals surface area contributed by atoms with Crippen molar-refractivity contribution in [3.05, 3.63) is 22.4 Å². The van der Waals surface area contributed by atoms with Gasteiger partial charge >= 0.3 is 5.97 Å². The molecule has 2 saturated heterocycles. The molecule has 0 aliphatic carbocycles. The smallest absolute Gasteiger partial charge is 0.320 e. The predicted octanol–water partition coefficient (Wildman–Crippen LogP) is 2.13. The molecule has 1 spiro atoms. The third-order valence-corrected chi connectivity index (χ3v) is 6.17. The van der Waals surface area contributed by atoms with Crippen molar-refractivity contribution in [3.63, 3.8) is 0 Å². The van der Waals surface area contributed by atoms with Crippen molar-refractivity contribution in [1.82, 2.24) is 10.2 Å². The summed E-state index contributed by atoms with van der Waals surface area (Å²) in [6, 6.07) is 3.75. The van der Waals surface area contributed by atoms with Crippen LogP contribution in [-0.4, -0.2) is 47.6 Å². The number of hydrogen-bond donors (Lipinski definition) is 2. The van der Waals surface area contributed by atoms with Crippen LogP contribution in [0.2, 0.25) is 0 Å². The van der Waals surface area contributed by atoms with Crippen molar-refractivity contribution in [2.45, 2.75) is 44.6 Å². The number of aryl methyl sites for hydroxylation is 1. The van der Waals surface area contributed by atoms with Crippen LogP contribution in [0.3, 0.4) is 0 Å². The molecule has 0 unspecified atom stereocenters. The van der Waals surface area contributed by atoms with Crippen LogP contribution < -0.4 is 5.32 Å². The van der Waals surface area contributed by atoms with Crippen LogP contribution in [0.5, 0.6) is 0 Å². The Bertz CT molecular complexity index is 550. The van der Waals surface area contributed by atoms with Crippen molar-refractivity contribution in [1.29, 1.82) is 0 Å². The molecule has 0 radical (unpaired) electrons. The average Bonchev–Trinajstić information content (AvgIpc) is 3.18. The lowest BCUT2D eigenvalue weighted by atomic mass is 9.76. The molecular formula is C17H24N2O3S. The quantitative estimate of drug-likeness (QED) is 0.864. The van der Waals surface area contributed by atoms with Crippen LogP contribution in [0.4, 0.5) is 0 Å². The maximum atomic E-state index is 12.3. The van der Waals surface area contributed by atoms with Gasteiger partial charge in [0, 0.05) is 30.9 Å². The molecule has 1 amide bonds. The second-order valence-electron chi connectivity index (χ2n) is 6.79. The summed E-state index contributed by atoms with van der Waals surface area (Å²) >= 11 is 1.75. The normalized spacial score (nSPS) is 23.3. The second kappa shape index (κ2) is 7.01. The Morgan fingerprint density at radius 2 is 2.17 bits per heavy atom. The van der Waals surface area contributed by atoms with Gasteiger partial charge in [-0.3, -0.25) is 9.59 Å². The molecule has 3 heterocycles. The fourth-order valence-corrected chi connectivity index (χ4v) is 4.48. The number of amides is 1. The zero-order chi connectivity index (χ0) is 16.3. The number of rotatable bonds is 5. The highest BCUT2D eigenvalue weighted by Gasteiger charge is 2.43. The van der Waals surface area contributed by atoms with E-state index in [-0.39, 0.29) is 11.3 Å². The third kappa shape index (κ3) is 3.93. The van der Waals surface area contributed by atoms with Gasteiger partial charge in [0.1, 0.15) is 6.04 Å². The third-order valence-electron chi connectivity index (χ3n) is 5.23. The van der Waals surface area contributed by atoms with E-state index < -0.39 is 12.0 Å². The number of carboxylic acids is 1. The summed E-state index contributed by atoms with van der Waals surface area (Å²) in [7, 11) is 0. The first-order valence-electron chi connectivity index (χ1n) is 8.34. The fourth-order valence-electron chi connectivity index (χ4n) is 3.73. The molecular weight excluding hydrogens is 312 g/mol. The van der Waals surface area contributed by atoms with E-state index in [0.717, 1.165) is 45.3 Å². The number of carbonyl (C=O) groups is 2. The van der Waals surface area contributed by atoms with Gasteiger partial charge in [-0.25, -0.2) is 0 Å². The molecule has 126 valence electrons. The Kier molecular flexibility index (Phi) is 5.02. The minimum absolute atomic E-state index is 0.0802. The van der Waals surface area contributed by atoms with Crippen molar-refractivity contribution in [2.24, 2.45) is 5.41 Å². The van der Waals surface area contributed by atoms with Crippen molar-refractivity contribution < 1.29 is 14.7 Å². The van der Waals surface area contributed by atoms with E-state index in [4.69, 9.17) is 5.11 Å². The average molecular weight is 336 g/mol. The molecule has 0 bridgehead atoms. The topological polar surface area (TPSA) is 69.6 Å². The summed E-state index contributed by atoms with van der Waals surface area (Å²) in [6.45, 7) is 2.31. The van der Waals surface area contributed by atoms with E-state index in [1.165, 1.54) is 4.88 Å². The van der Waals surface area contributed by atoms with Gasteiger partial charge < -0.3 is 15.3 Å². The Hall–Kier alpha value is -1.40. The molecule has 6 heteroatoms. The van der Waals surface area contributed by atoms with Crippen LogP contribution in [0.1, 0.15) is 37.0 Å². The number of aliphatic carboxylic acids is 1. The van der Waals surface area contributed by atoms with E-state index in [0.29, 0.717) is 12.8 Å². The van der Waals surface area contributed by atoms with Gasteiger partial charge in [0.15, 0.2) is 0 Å². The van der Waals surface area contributed by atoms with Crippen LogP contribution in [0.25, 0.3) is 0 Å². The molecule has 2 aliphatic rings. The number of carboxylic acid groups (broad SMARTS) is 1. The highest BCUT2D eigenvalue weighted by molar-refractivity contribution is 7.09. The summed E-state index contributed by atoms with van der Waals surface area (Å²) in [4.78, 5) is 26.7. The van der Waals surface area contributed by atoms with E-state index >= 15 is 0 Å². The lowest BCUT2D eigenvalue weighted by Gasteiger charge is -2.39. The highest BCUT2D eigenvalue weighted by Crippen LogP contribution is 2.39. The Labute approximate surface area is 140 Å². The maximum Gasteiger partial charge on any atom is 0.320 e. The largest absolute Gasteiger partial charge is 0.480 e. The van der Waals surface area contributed by atoms with Gasteiger partial charge in [-0.2, -0.15) is 0 Å². The van der Waals surface area contributed by atoms with Crippen LogP contribution in [0.15, 0.2) is 17.5 Å². The number of piperidine rings is 1. The predicted molar refractivity (Wildman–Crippen MR) is 89.5 cm³/mol. The van der Waals surface area contributed by atoms with E-state index in [2.05, 4.69) is 16.8 Å². The molecule has 5 nitrogen and oxygen atoms in total. The van der Waals surface area contributed by atoms with Crippen molar-refractivity contribution in [2.75, 3.05) is 19.6 Å². The standard InChI is InChI=1S/C17H24N2O3S/c20-15(5-1-3-13-4-2-10-23-13)19-8-6-17(7-9-19)11-14(16(21)22)18-12-17/h2,4,10,14,18H,1,3,5-9,11-12H2,(H,21,22)/t14-/m1/s1. The van der Waals surface area contributed by atoms with Gasteiger partial charge in [0.2, 0.25) is 5.91 Å². The monoisotopic (exact) mass is 336 g/mol. The molecule has 23 heavy (non-hydrogen) atoms. The van der Waals surface area contributed by atoms with Gasteiger partial charge in [0.25, 0.3) is 0 Å². The summed E-state index contributed by atoms with van der Waals surface area (Å²) in [5.74, 6) is -0.508. The summed E-state index contributed by atoms with van der Waals surface area (Å²) < 4.78 is 0. The zero-order valence-corrected chi connectivity index (χ0v) is 14.1. The van der Waals surface area contributed by atoms with Gasteiger partial charge in [0.05, 0.1) is 0 Å². The van der Waals surface area contributed by atoms with Crippen LogP contribution >= 0.6 is 11.3 Å². The SMILES string of the molecule is O=C(O)[C@H]1CC2(CCN(C(=O)CCCc3cccs3)CC2)CN1. The molecule has 0 aromatic carbocycles. The zero-order valence-electron chi connectivity index (χ0n) is 13.3. The number of hydrogen-bond acceptors (Lipinski definition) is 4. The Balaban J connectivity index is 1.42. The number of carbonyl (C=O) groups excluding carboxylic acids is 1.